The summed E-state index contributed by atoms with van der Waals surface area (Å²) in [7, 11) is 0. The van der Waals surface area contributed by atoms with Crippen LogP contribution in [0.25, 0.3) is 0 Å². The molecule has 0 aromatic rings. The third kappa shape index (κ3) is 2.08. The van der Waals surface area contributed by atoms with E-state index in [0.717, 1.165) is 12.8 Å². The highest BCUT2D eigenvalue weighted by Crippen LogP contribution is 2.35. The van der Waals surface area contributed by atoms with E-state index in [2.05, 4.69) is 12.2 Å². The highest BCUT2D eigenvalue weighted by atomic mass is 16.3. The van der Waals surface area contributed by atoms with Gasteiger partial charge in [0.05, 0.1) is 0 Å². The van der Waals surface area contributed by atoms with Gasteiger partial charge in [0.1, 0.15) is 5.60 Å². The predicted octanol–water partition coefficient (Wildman–Crippen LogP) is 1.21. The van der Waals surface area contributed by atoms with Gasteiger partial charge < -0.3 is 10.4 Å². The van der Waals surface area contributed by atoms with Gasteiger partial charge in [0.2, 0.25) is 0 Å². The number of aliphatic hydroxyl groups is 1. The summed E-state index contributed by atoms with van der Waals surface area (Å²) < 4.78 is 0. The van der Waals surface area contributed by atoms with Gasteiger partial charge in [-0.2, -0.15) is 0 Å². The predicted molar refractivity (Wildman–Crippen MR) is 53.7 cm³/mol. The minimum Gasteiger partial charge on any atom is -0.380 e. The molecule has 2 N–H and O–H groups in total. The molecule has 80 valence electrons. The average molecular weight is 197 g/mol. The van der Waals surface area contributed by atoms with Crippen molar-refractivity contribution in [2.24, 2.45) is 5.92 Å². The molecule has 0 unspecified atom stereocenters. The van der Waals surface area contributed by atoms with Gasteiger partial charge in [-0.1, -0.05) is 19.8 Å². The van der Waals surface area contributed by atoms with Gasteiger partial charge in [-0.3, -0.25) is 4.79 Å². The zero-order valence-electron chi connectivity index (χ0n) is 8.75. The fraction of sp³-hybridized carbons (Fsp3) is 0.909. The summed E-state index contributed by atoms with van der Waals surface area (Å²) in [4.78, 5) is 11.5. The number of hydrogen-bond donors (Lipinski definition) is 2. The van der Waals surface area contributed by atoms with E-state index in [1.165, 1.54) is 12.8 Å². The smallest absolute Gasteiger partial charge is 0.252 e. The lowest BCUT2D eigenvalue weighted by Gasteiger charge is -2.28. The average Bonchev–Trinajstić information content (AvgIpc) is 2.85. The Kier molecular flexibility index (Phi) is 2.52. The van der Waals surface area contributed by atoms with Crippen molar-refractivity contribution in [3.8, 4) is 0 Å². The highest BCUT2D eigenvalue weighted by molar-refractivity contribution is 5.87. The molecule has 2 atom stereocenters. The molecule has 2 aliphatic rings. The SMILES string of the molecule is C[C@@H]1CCC[C@@H](NC(=O)C2(O)CC2)C1. The second kappa shape index (κ2) is 3.54. The van der Waals surface area contributed by atoms with Gasteiger partial charge in [-0.05, 0) is 31.6 Å². The molecular formula is C11H19NO2. The van der Waals surface area contributed by atoms with Crippen LogP contribution in [0.3, 0.4) is 0 Å². The topological polar surface area (TPSA) is 49.3 Å². The first-order chi connectivity index (χ1) is 6.60. The quantitative estimate of drug-likeness (QED) is 0.699. The first-order valence-corrected chi connectivity index (χ1v) is 5.63. The van der Waals surface area contributed by atoms with E-state index < -0.39 is 5.60 Å². The molecule has 0 radical (unpaired) electrons. The standard InChI is InChI=1S/C11H19NO2/c1-8-3-2-4-9(7-8)12-10(13)11(14)5-6-11/h8-9,14H,2-7H2,1H3,(H,12,13)/t8-,9-/m1/s1. The maximum Gasteiger partial charge on any atom is 0.252 e. The fourth-order valence-corrected chi connectivity index (χ4v) is 2.23. The summed E-state index contributed by atoms with van der Waals surface area (Å²) in [6.45, 7) is 2.23. The first-order valence-electron chi connectivity index (χ1n) is 5.63. The Labute approximate surface area is 84.9 Å². The van der Waals surface area contributed by atoms with Crippen LogP contribution in [0.4, 0.5) is 0 Å². The van der Waals surface area contributed by atoms with Crippen LogP contribution in [0.1, 0.15) is 45.4 Å². The van der Waals surface area contributed by atoms with Gasteiger partial charge in [-0.15, -0.1) is 0 Å². The molecule has 0 saturated heterocycles. The Morgan fingerprint density at radius 3 is 2.71 bits per heavy atom. The number of carbonyl (C=O) groups is 1. The lowest BCUT2D eigenvalue weighted by molar-refractivity contribution is -0.132. The molecule has 1 amide bonds. The van der Waals surface area contributed by atoms with Crippen molar-refractivity contribution in [3.05, 3.63) is 0 Å². The molecule has 3 nitrogen and oxygen atoms in total. The minimum absolute atomic E-state index is 0.142. The Morgan fingerprint density at radius 1 is 1.43 bits per heavy atom. The summed E-state index contributed by atoms with van der Waals surface area (Å²) in [6, 6.07) is 0.302. The molecule has 0 bridgehead atoms. The van der Waals surface area contributed by atoms with Gasteiger partial charge in [-0.25, -0.2) is 0 Å². The van der Waals surface area contributed by atoms with E-state index in [1.54, 1.807) is 0 Å². The highest BCUT2D eigenvalue weighted by Gasteiger charge is 2.48. The summed E-state index contributed by atoms with van der Waals surface area (Å²) in [6.07, 6.45) is 5.90. The van der Waals surface area contributed by atoms with Crippen LogP contribution in [0, 0.1) is 5.92 Å². The third-order valence-corrected chi connectivity index (χ3v) is 3.42. The van der Waals surface area contributed by atoms with Crippen LogP contribution >= 0.6 is 0 Å². The van der Waals surface area contributed by atoms with Crippen molar-refractivity contribution in [1.29, 1.82) is 0 Å². The third-order valence-electron chi connectivity index (χ3n) is 3.42. The number of carbonyl (C=O) groups excluding carboxylic acids is 1. The molecule has 0 spiro atoms. The monoisotopic (exact) mass is 197 g/mol. The lowest BCUT2D eigenvalue weighted by Crippen LogP contribution is -2.44. The van der Waals surface area contributed by atoms with Crippen LogP contribution in [0.15, 0.2) is 0 Å². The molecule has 0 aromatic heterocycles. The molecule has 0 aromatic carbocycles. The van der Waals surface area contributed by atoms with Crippen molar-refractivity contribution in [1.82, 2.24) is 5.32 Å². The van der Waals surface area contributed by atoms with Crippen LogP contribution in [0.5, 0.6) is 0 Å². The molecule has 2 fully saturated rings. The summed E-state index contributed by atoms with van der Waals surface area (Å²) in [5, 5.41) is 12.5. The second-order valence-electron chi connectivity index (χ2n) is 4.97. The summed E-state index contributed by atoms with van der Waals surface area (Å²) in [5.74, 6) is 0.569. The number of amides is 1. The second-order valence-corrected chi connectivity index (χ2v) is 4.97. The Balaban J connectivity index is 1.81. The molecule has 2 rings (SSSR count). The molecule has 3 heteroatoms. The maximum absolute atomic E-state index is 11.5. The van der Waals surface area contributed by atoms with Crippen LogP contribution < -0.4 is 5.32 Å². The van der Waals surface area contributed by atoms with E-state index in [0.29, 0.717) is 24.8 Å². The van der Waals surface area contributed by atoms with Crippen molar-refractivity contribution in [2.75, 3.05) is 0 Å². The molecule has 0 aliphatic heterocycles. The van der Waals surface area contributed by atoms with E-state index in [4.69, 9.17) is 0 Å². The number of hydrogen-bond acceptors (Lipinski definition) is 2. The normalized spacial score (nSPS) is 35.0. The van der Waals surface area contributed by atoms with E-state index in [-0.39, 0.29) is 5.91 Å². The Hall–Kier alpha value is -0.570. The van der Waals surface area contributed by atoms with E-state index >= 15 is 0 Å². The van der Waals surface area contributed by atoms with Crippen LogP contribution in [-0.2, 0) is 4.79 Å². The Bertz CT molecular complexity index is 235. The molecule has 2 saturated carbocycles. The van der Waals surface area contributed by atoms with Crippen LogP contribution in [-0.4, -0.2) is 22.7 Å². The lowest BCUT2D eigenvalue weighted by atomic mass is 9.87. The van der Waals surface area contributed by atoms with Gasteiger partial charge >= 0.3 is 0 Å². The number of nitrogens with one attached hydrogen (secondary N) is 1. The number of rotatable bonds is 2. The summed E-state index contributed by atoms with van der Waals surface area (Å²) >= 11 is 0. The van der Waals surface area contributed by atoms with Crippen molar-refractivity contribution in [3.63, 3.8) is 0 Å². The largest absolute Gasteiger partial charge is 0.380 e. The minimum atomic E-state index is -0.999. The van der Waals surface area contributed by atoms with E-state index in [9.17, 15) is 9.90 Å². The summed E-state index contributed by atoms with van der Waals surface area (Å²) in [5.41, 5.74) is -0.999. The molecule has 14 heavy (non-hydrogen) atoms. The van der Waals surface area contributed by atoms with Crippen molar-refractivity contribution < 1.29 is 9.90 Å². The zero-order chi connectivity index (χ0) is 10.2. The maximum atomic E-state index is 11.5. The van der Waals surface area contributed by atoms with Crippen LogP contribution in [0.2, 0.25) is 0 Å². The molecular weight excluding hydrogens is 178 g/mol. The van der Waals surface area contributed by atoms with Crippen molar-refractivity contribution in [2.45, 2.75) is 57.1 Å². The van der Waals surface area contributed by atoms with Gasteiger partial charge in [0.15, 0.2) is 0 Å². The Morgan fingerprint density at radius 2 is 2.14 bits per heavy atom. The van der Waals surface area contributed by atoms with Crippen molar-refractivity contribution >= 4 is 5.91 Å². The van der Waals surface area contributed by atoms with Gasteiger partial charge in [0, 0.05) is 6.04 Å². The van der Waals surface area contributed by atoms with E-state index in [1.807, 2.05) is 0 Å². The zero-order valence-corrected chi connectivity index (χ0v) is 8.75. The fourth-order valence-electron chi connectivity index (χ4n) is 2.23. The van der Waals surface area contributed by atoms with Gasteiger partial charge in [0.25, 0.3) is 5.91 Å². The molecule has 2 aliphatic carbocycles. The first kappa shape index (κ1) is 9.97. The molecule has 0 heterocycles.